The number of piperidine rings is 1. The van der Waals surface area contributed by atoms with E-state index in [9.17, 15) is 0 Å². The highest BCUT2D eigenvalue weighted by Crippen LogP contribution is 2.19. The van der Waals surface area contributed by atoms with Gasteiger partial charge in [0.05, 0.1) is 6.61 Å². The van der Waals surface area contributed by atoms with Crippen LogP contribution in [0.15, 0.2) is 29.3 Å². The first kappa shape index (κ1) is 24.0. The molecule has 0 aliphatic carbocycles. The quantitative estimate of drug-likeness (QED) is 0.343. The van der Waals surface area contributed by atoms with Crippen molar-refractivity contribution in [2.75, 3.05) is 46.9 Å². The van der Waals surface area contributed by atoms with Gasteiger partial charge in [-0.05, 0) is 69.4 Å². The summed E-state index contributed by atoms with van der Waals surface area (Å²) in [5.41, 5.74) is 1.26. The second-order valence-corrected chi connectivity index (χ2v) is 7.07. The first-order chi connectivity index (χ1) is 12.7. The van der Waals surface area contributed by atoms with Gasteiger partial charge in [-0.3, -0.25) is 4.99 Å². The van der Waals surface area contributed by atoms with Crippen molar-refractivity contribution in [3.05, 3.63) is 29.8 Å². The maximum absolute atomic E-state index is 5.51. The van der Waals surface area contributed by atoms with Crippen LogP contribution in [0.5, 0.6) is 5.75 Å². The van der Waals surface area contributed by atoms with Crippen LogP contribution in [0.25, 0.3) is 0 Å². The van der Waals surface area contributed by atoms with E-state index < -0.39 is 0 Å². The fourth-order valence-corrected chi connectivity index (χ4v) is 3.57. The van der Waals surface area contributed by atoms with Gasteiger partial charge in [0, 0.05) is 27.2 Å². The zero-order valence-corrected chi connectivity index (χ0v) is 19.7. The number of ether oxygens (including phenoxy) is 1. The number of guanidine groups is 1. The molecule has 0 bridgehead atoms. The number of hydrogen-bond acceptors (Lipinski definition) is 3. The van der Waals surface area contributed by atoms with E-state index in [0.29, 0.717) is 6.61 Å². The predicted octanol–water partition coefficient (Wildman–Crippen LogP) is 3.83. The van der Waals surface area contributed by atoms with Crippen LogP contribution in [0.1, 0.15) is 38.7 Å². The van der Waals surface area contributed by atoms with Crippen LogP contribution in [0.3, 0.4) is 0 Å². The second kappa shape index (κ2) is 13.2. The molecule has 1 N–H and O–H groups in total. The van der Waals surface area contributed by atoms with E-state index in [1.165, 1.54) is 44.5 Å². The topological polar surface area (TPSA) is 40.1 Å². The number of halogens is 1. The molecule has 5 nitrogen and oxygen atoms in total. The molecule has 2 rings (SSSR count). The molecule has 0 radical (unpaired) electrons. The van der Waals surface area contributed by atoms with Crippen LogP contribution in [0, 0.1) is 5.92 Å². The molecule has 0 unspecified atom stereocenters. The molecule has 27 heavy (non-hydrogen) atoms. The van der Waals surface area contributed by atoms with E-state index in [4.69, 9.17) is 4.74 Å². The Bertz CT molecular complexity index is 542. The molecule has 1 saturated heterocycles. The Kier molecular flexibility index (Phi) is 11.7. The normalized spacial score (nSPS) is 15.9. The van der Waals surface area contributed by atoms with Gasteiger partial charge in [0.2, 0.25) is 0 Å². The molecule has 1 aliphatic heterocycles. The van der Waals surface area contributed by atoms with Crippen molar-refractivity contribution in [2.24, 2.45) is 10.9 Å². The maximum Gasteiger partial charge on any atom is 0.193 e. The predicted molar refractivity (Wildman–Crippen MR) is 125 cm³/mol. The van der Waals surface area contributed by atoms with Crippen molar-refractivity contribution in [2.45, 2.75) is 39.7 Å². The van der Waals surface area contributed by atoms with Crippen LogP contribution in [0.4, 0.5) is 0 Å². The van der Waals surface area contributed by atoms with E-state index >= 15 is 0 Å². The van der Waals surface area contributed by atoms with Crippen LogP contribution in [0.2, 0.25) is 0 Å². The minimum absolute atomic E-state index is 0. The molecule has 1 aromatic carbocycles. The first-order valence-electron chi connectivity index (χ1n) is 10.0. The van der Waals surface area contributed by atoms with E-state index in [2.05, 4.69) is 46.2 Å². The van der Waals surface area contributed by atoms with Crippen LogP contribution in [-0.4, -0.2) is 62.6 Å². The maximum atomic E-state index is 5.51. The van der Waals surface area contributed by atoms with Crippen molar-refractivity contribution in [1.29, 1.82) is 0 Å². The molecular formula is C21H37IN4O. The lowest BCUT2D eigenvalue weighted by molar-refractivity contribution is 0.187. The number of benzene rings is 1. The fourth-order valence-electron chi connectivity index (χ4n) is 3.57. The number of nitrogens with one attached hydrogen (secondary N) is 1. The Balaban J connectivity index is 0.00000364. The van der Waals surface area contributed by atoms with Gasteiger partial charge in [0.15, 0.2) is 5.96 Å². The highest BCUT2D eigenvalue weighted by molar-refractivity contribution is 14.0. The lowest BCUT2D eigenvalue weighted by Crippen LogP contribution is -2.40. The summed E-state index contributed by atoms with van der Waals surface area (Å²) in [5.74, 6) is 2.74. The molecule has 0 spiro atoms. The Morgan fingerprint density at radius 1 is 1.22 bits per heavy atom. The van der Waals surface area contributed by atoms with Crippen molar-refractivity contribution in [1.82, 2.24) is 15.1 Å². The molecule has 154 valence electrons. The Hall–Kier alpha value is -1.02. The summed E-state index contributed by atoms with van der Waals surface area (Å²) in [6.45, 7) is 10.5. The minimum Gasteiger partial charge on any atom is -0.494 e. The highest BCUT2D eigenvalue weighted by atomic mass is 127. The van der Waals surface area contributed by atoms with Crippen LogP contribution >= 0.6 is 24.0 Å². The summed E-state index contributed by atoms with van der Waals surface area (Å²) in [5, 5.41) is 3.53. The van der Waals surface area contributed by atoms with E-state index in [1.807, 2.05) is 26.1 Å². The average molecular weight is 488 g/mol. The number of nitrogens with zero attached hydrogens (tertiary/aromatic N) is 3. The minimum atomic E-state index is 0. The third-order valence-corrected chi connectivity index (χ3v) is 5.22. The zero-order valence-electron chi connectivity index (χ0n) is 17.4. The standard InChI is InChI=1S/C21H36N4O.HI/c1-5-25-15-12-18(13-16-25)11-14-23-21(22-3)24(4)17-19-7-9-20(10-8-19)26-6-2;/h7-10,18H,5-6,11-17H2,1-4H3,(H,22,23);1H. The molecule has 1 aromatic rings. The monoisotopic (exact) mass is 488 g/mol. The SMILES string of the molecule is CCOc1ccc(CN(C)C(=NC)NCCC2CCN(CC)CC2)cc1.I. The summed E-state index contributed by atoms with van der Waals surface area (Å²) in [7, 11) is 3.95. The number of hydrogen-bond donors (Lipinski definition) is 1. The van der Waals surface area contributed by atoms with Crippen LogP contribution in [-0.2, 0) is 6.54 Å². The van der Waals surface area contributed by atoms with Gasteiger partial charge in [-0.15, -0.1) is 24.0 Å². The third-order valence-electron chi connectivity index (χ3n) is 5.22. The van der Waals surface area contributed by atoms with E-state index in [-0.39, 0.29) is 24.0 Å². The summed E-state index contributed by atoms with van der Waals surface area (Å²) in [6.07, 6.45) is 3.89. The smallest absolute Gasteiger partial charge is 0.193 e. The third kappa shape index (κ3) is 8.25. The molecule has 1 aliphatic rings. The first-order valence-corrected chi connectivity index (χ1v) is 10.0. The van der Waals surface area contributed by atoms with Gasteiger partial charge < -0.3 is 19.9 Å². The number of aliphatic imine (C=N–C) groups is 1. The molecule has 0 aromatic heterocycles. The van der Waals surface area contributed by atoms with Gasteiger partial charge >= 0.3 is 0 Å². The van der Waals surface area contributed by atoms with Crippen molar-refractivity contribution >= 4 is 29.9 Å². The number of likely N-dealkylation sites (tertiary alicyclic amines) is 1. The summed E-state index contributed by atoms with van der Waals surface area (Å²) < 4.78 is 5.51. The van der Waals surface area contributed by atoms with Crippen LogP contribution < -0.4 is 10.1 Å². The molecule has 0 saturated carbocycles. The Morgan fingerprint density at radius 3 is 2.44 bits per heavy atom. The van der Waals surface area contributed by atoms with Gasteiger partial charge in [0.1, 0.15) is 5.75 Å². The number of rotatable bonds is 8. The Labute approximate surface area is 182 Å². The second-order valence-electron chi connectivity index (χ2n) is 7.07. The molecule has 1 heterocycles. The summed E-state index contributed by atoms with van der Waals surface area (Å²) in [6, 6.07) is 8.31. The highest BCUT2D eigenvalue weighted by Gasteiger charge is 2.17. The van der Waals surface area contributed by atoms with Gasteiger partial charge in [0.25, 0.3) is 0 Å². The summed E-state index contributed by atoms with van der Waals surface area (Å²) >= 11 is 0. The molecule has 0 amide bonds. The van der Waals surface area contributed by atoms with Crippen molar-refractivity contribution in [3.63, 3.8) is 0 Å². The lowest BCUT2D eigenvalue weighted by atomic mass is 9.93. The molecule has 0 atom stereocenters. The van der Waals surface area contributed by atoms with Crippen molar-refractivity contribution in [3.8, 4) is 5.75 Å². The molecule has 6 heteroatoms. The van der Waals surface area contributed by atoms with Gasteiger partial charge in [-0.25, -0.2) is 0 Å². The zero-order chi connectivity index (χ0) is 18.8. The van der Waals surface area contributed by atoms with E-state index in [0.717, 1.165) is 30.7 Å². The molecular weight excluding hydrogens is 451 g/mol. The average Bonchev–Trinajstić information content (AvgIpc) is 2.67. The lowest BCUT2D eigenvalue weighted by Gasteiger charge is -2.31. The Morgan fingerprint density at radius 2 is 1.89 bits per heavy atom. The molecule has 1 fully saturated rings. The van der Waals surface area contributed by atoms with Gasteiger partial charge in [-0.1, -0.05) is 19.1 Å². The van der Waals surface area contributed by atoms with Crippen molar-refractivity contribution < 1.29 is 4.74 Å². The fraction of sp³-hybridized carbons (Fsp3) is 0.667. The summed E-state index contributed by atoms with van der Waals surface area (Å²) in [4.78, 5) is 9.16. The van der Waals surface area contributed by atoms with E-state index in [1.54, 1.807) is 0 Å². The van der Waals surface area contributed by atoms with Gasteiger partial charge in [-0.2, -0.15) is 0 Å². The largest absolute Gasteiger partial charge is 0.494 e.